The Labute approximate surface area is 174 Å². The molecule has 154 valence electrons. The number of benzene rings is 1. The van der Waals surface area contributed by atoms with Crippen LogP contribution in [0.2, 0.25) is 0 Å². The van der Waals surface area contributed by atoms with Gasteiger partial charge in [0, 0.05) is 31.7 Å². The van der Waals surface area contributed by atoms with Gasteiger partial charge in [-0.05, 0) is 30.4 Å². The van der Waals surface area contributed by atoms with Crippen LogP contribution in [0.15, 0.2) is 24.3 Å². The molecule has 2 aliphatic heterocycles. The van der Waals surface area contributed by atoms with Crippen molar-refractivity contribution in [1.29, 1.82) is 0 Å². The molecule has 4 rings (SSSR count). The summed E-state index contributed by atoms with van der Waals surface area (Å²) in [6.07, 6.45) is 2.37. The van der Waals surface area contributed by atoms with Gasteiger partial charge in [0.15, 0.2) is 0 Å². The van der Waals surface area contributed by atoms with E-state index in [0.29, 0.717) is 43.6 Å². The van der Waals surface area contributed by atoms with Crippen LogP contribution in [0.4, 0.5) is 5.13 Å². The van der Waals surface area contributed by atoms with E-state index in [0.717, 1.165) is 22.6 Å². The highest BCUT2D eigenvalue weighted by atomic mass is 32.1. The van der Waals surface area contributed by atoms with E-state index in [1.807, 2.05) is 29.2 Å². The average molecular weight is 415 g/mol. The van der Waals surface area contributed by atoms with Crippen LogP contribution in [0.25, 0.3) is 0 Å². The topological polar surface area (TPSA) is 84.4 Å². The van der Waals surface area contributed by atoms with Crippen molar-refractivity contribution in [3.63, 3.8) is 0 Å². The first-order valence-corrected chi connectivity index (χ1v) is 10.9. The van der Waals surface area contributed by atoms with E-state index in [1.165, 1.54) is 11.3 Å². The van der Waals surface area contributed by atoms with Crippen molar-refractivity contribution in [2.45, 2.75) is 51.6 Å². The number of aromatic nitrogens is 2. The van der Waals surface area contributed by atoms with Gasteiger partial charge in [0.05, 0.1) is 12.0 Å². The van der Waals surface area contributed by atoms with Gasteiger partial charge in [0.25, 0.3) is 5.91 Å². The predicted molar refractivity (Wildman–Crippen MR) is 111 cm³/mol. The van der Waals surface area contributed by atoms with Crippen molar-refractivity contribution < 1.29 is 14.3 Å². The number of amides is 2. The first kappa shape index (κ1) is 20.0. The Kier molecular flexibility index (Phi) is 5.65. The van der Waals surface area contributed by atoms with Gasteiger partial charge in [-0.2, -0.15) is 0 Å². The average Bonchev–Trinajstić information content (AvgIpc) is 3.26. The predicted octanol–water partition coefficient (Wildman–Crippen LogP) is 3.27. The molecule has 2 amide bonds. The maximum Gasteiger partial charge on any atom is 0.254 e. The highest BCUT2D eigenvalue weighted by Crippen LogP contribution is 2.38. The lowest BCUT2D eigenvalue weighted by atomic mass is 9.84. The lowest BCUT2D eigenvalue weighted by molar-refractivity contribution is -0.120. The van der Waals surface area contributed by atoms with E-state index in [1.54, 1.807) is 0 Å². The van der Waals surface area contributed by atoms with E-state index in [4.69, 9.17) is 4.74 Å². The third kappa shape index (κ3) is 4.18. The molecule has 0 spiro atoms. The fourth-order valence-corrected chi connectivity index (χ4v) is 5.10. The number of nitrogens with zero attached hydrogens (tertiary/aromatic N) is 3. The van der Waals surface area contributed by atoms with E-state index in [-0.39, 0.29) is 18.2 Å². The first-order valence-electron chi connectivity index (χ1n) is 10.1. The van der Waals surface area contributed by atoms with Crippen molar-refractivity contribution in [1.82, 2.24) is 15.1 Å². The van der Waals surface area contributed by atoms with Gasteiger partial charge in [0.2, 0.25) is 11.0 Å². The van der Waals surface area contributed by atoms with Crippen LogP contribution in [0.5, 0.6) is 0 Å². The molecule has 1 N–H and O–H groups in total. The number of ether oxygens (including phenoxy) is 1. The summed E-state index contributed by atoms with van der Waals surface area (Å²) in [5, 5.41) is 12.6. The zero-order valence-corrected chi connectivity index (χ0v) is 17.6. The molecule has 29 heavy (non-hydrogen) atoms. The van der Waals surface area contributed by atoms with Gasteiger partial charge in [0.1, 0.15) is 5.01 Å². The first-order chi connectivity index (χ1) is 14.0. The molecule has 1 aromatic heterocycles. The standard InChI is InChI=1S/C21H26N4O3S/c1-14(2)11-18-23-24-20(29-18)22-17(26)12-21(7-9-28-10-8-21)25-13-15-5-3-4-6-16(15)19(25)27/h3-6,14H,7-13H2,1-2H3,(H,22,24,26). The molecular weight excluding hydrogens is 388 g/mol. The molecule has 0 aliphatic carbocycles. The Morgan fingerprint density at radius 2 is 2.03 bits per heavy atom. The third-order valence-corrected chi connectivity index (χ3v) is 6.46. The second-order valence-electron chi connectivity index (χ2n) is 8.21. The summed E-state index contributed by atoms with van der Waals surface area (Å²) < 4.78 is 5.55. The largest absolute Gasteiger partial charge is 0.381 e. The van der Waals surface area contributed by atoms with Crippen LogP contribution in [0, 0.1) is 5.92 Å². The smallest absolute Gasteiger partial charge is 0.254 e. The maximum atomic E-state index is 13.1. The third-order valence-electron chi connectivity index (χ3n) is 5.60. The zero-order chi connectivity index (χ0) is 20.4. The Balaban J connectivity index is 1.50. The summed E-state index contributed by atoms with van der Waals surface area (Å²) in [5.41, 5.74) is 1.22. The molecule has 0 unspecified atom stereocenters. The number of carbonyl (C=O) groups excluding carboxylic acids is 2. The molecule has 1 saturated heterocycles. The van der Waals surface area contributed by atoms with E-state index < -0.39 is 5.54 Å². The molecule has 8 heteroatoms. The van der Waals surface area contributed by atoms with Crippen LogP contribution in [0.1, 0.15) is 54.0 Å². The van der Waals surface area contributed by atoms with Crippen LogP contribution in [0.3, 0.4) is 0 Å². The molecular formula is C21H26N4O3S. The minimum atomic E-state index is -0.538. The van der Waals surface area contributed by atoms with Gasteiger partial charge < -0.3 is 15.0 Å². The Morgan fingerprint density at radius 1 is 1.28 bits per heavy atom. The number of fused-ring (bicyclic) bond motifs is 1. The van der Waals surface area contributed by atoms with Gasteiger partial charge >= 0.3 is 0 Å². The van der Waals surface area contributed by atoms with Crippen molar-refractivity contribution in [3.05, 3.63) is 40.4 Å². The van der Waals surface area contributed by atoms with Crippen LogP contribution in [-0.4, -0.2) is 45.7 Å². The second kappa shape index (κ2) is 8.20. The minimum absolute atomic E-state index is 0.00503. The zero-order valence-electron chi connectivity index (χ0n) is 16.8. The molecule has 2 aliphatic rings. The number of rotatable bonds is 6. The maximum absolute atomic E-state index is 13.1. The molecule has 7 nitrogen and oxygen atoms in total. The molecule has 1 aromatic carbocycles. The quantitative estimate of drug-likeness (QED) is 0.784. The molecule has 0 saturated carbocycles. The monoisotopic (exact) mass is 414 g/mol. The summed E-state index contributed by atoms with van der Waals surface area (Å²) in [5.74, 6) is 0.355. The highest BCUT2D eigenvalue weighted by molar-refractivity contribution is 7.15. The van der Waals surface area contributed by atoms with Crippen LogP contribution in [-0.2, 0) is 22.5 Å². The van der Waals surface area contributed by atoms with Crippen LogP contribution >= 0.6 is 11.3 Å². The number of anilines is 1. The van der Waals surface area contributed by atoms with Crippen molar-refractivity contribution in [2.24, 2.45) is 5.92 Å². The Bertz CT molecular complexity index is 905. The summed E-state index contributed by atoms with van der Waals surface area (Å²) in [7, 11) is 0. The van der Waals surface area contributed by atoms with E-state index >= 15 is 0 Å². The summed E-state index contributed by atoms with van der Waals surface area (Å²) >= 11 is 1.41. The van der Waals surface area contributed by atoms with Gasteiger partial charge in [-0.3, -0.25) is 9.59 Å². The SMILES string of the molecule is CC(C)Cc1nnc(NC(=O)CC2(N3Cc4ccccc4C3=O)CCOCC2)s1. The lowest BCUT2D eigenvalue weighted by Gasteiger charge is -2.44. The summed E-state index contributed by atoms with van der Waals surface area (Å²) in [6, 6.07) is 7.68. The van der Waals surface area contributed by atoms with Gasteiger partial charge in [-0.15, -0.1) is 10.2 Å². The molecule has 2 aromatic rings. The molecule has 1 fully saturated rings. The number of nitrogens with one attached hydrogen (secondary N) is 1. The molecule has 0 atom stereocenters. The Hall–Kier alpha value is -2.32. The normalized spacial score (nSPS) is 18.2. The van der Waals surface area contributed by atoms with Crippen molar-refractivity contribution in [2.75, 3.05) is 18.5 Å². The number of hydrogen-bond acceptors (Lipinski definition) is 6. The lowest BCUT2D eigenvalue weighted by Crippen LogP contribution is -2.54. The molecule has 0 bridgehead atoms. The number of hydrogen-bond donors (Lipinski definition) is 1. The second-order valence-corrected chi connectivity index (χ2v) is 9.27. The summed E-state index contributed by atoms with van der Waals surface area (Å²) in [4.78, 5) is 27.9. The fourth-order valence-electron chi connectivity index (χ4n) is 4.13. The van der Waals surface area contributed by atoms with Crippen molar-refractivity contribution in [3.8, 4) is 0 Å². The molecule has 3 heterocycles. The fraction of sp³-hybridized carbons (Fsp3) is 0.524. The van der Waals surface area contributed by atoms with E-state index in [9.17, 15) is 9.59 Å². The number of carbonyl (C=O) groups is 2. The minimum Gasteiger partial charge on any atom is -0.381 e. The Morgan fingerprint density at radius 3 is 2.76 bits per heavy atom. The van der Waals surface area contributed by atoms with Gasteiger partial charge in [-0.25, -0.2) is 0 Å². The highest BCUT2D eigenvalue weighted by Gasteiger charge is 2.46. The van der Waals surface area contributed by atoms with Crippen molar-refractivity contribution >= 4 is 28.3 Å². The summed E-state index contributed by atoms with van der Waals surface area (Å²) in [6.45, 7) is 5.88. The van der Waals surface area contributed by atoms with E-state index in [2.05, 4.69) is 29.4 Å². The van der Waals surface area contributed by atoms with Gasteiger partial charge in [-0.1, -0.05) is 43.4 Å². The van der Waals surface area contributed by atoms with Crippen LogP contribution < -0.4 is 5.32 Å². The molecule has 0 radical (unpaired) electrons.